The quantitative estimate of drug-likeness (QED) is 0.291. The summed E-state index contributed by atoms with van der Waals surface area (Å²) in [5.41, 5.74) is 4.46. The van der Waals surface area contributed by atoms with Gasteiger partial charge in [0.1, 0.15) is 12.1 Å². The maximum absolute atomic E-state index is 13.2. The van der Waals surface area contributed by atoms with Gasteiger partial charge in [-0.25, -0.2) is 4.79 Å². The van der Waals surface area contributed by atoms with Gasteiger partial charge in [-0.1, -0.05) is 36.4 Å². The number of hydrogen-bond donors (Lipinski definition) is 3. The number of nitrogens with zero attached hydrogens (tertiary/aromatic N) is 2. The Labute approximate surface area is 228 Å². The molecule has 0 spiro atoms. The lowest BCUT2D eigenvalue weighted by molar-refractivity contribution is -0.130. The first-order chi connectivity index (χ1) is 19.1. The first kappa shape index (κ1) is 24.2. The van der Waals surface area contributed by atoms with Gasteiger partial charge in [0.2, 0.25) is 5.91 Å². The van der Waals surface area contributed by atoms with Crippen molar-refractivity contribution < 1.29 is 23.9 Å². The Kier molecular flexibility index (Phi) is 5.03. The molecule has 10 heteroatoms. The van der Waals surface area contributed by atoms with Gasteiger partial charge in [0.25, 0.3) is 11.8 Å². The summed E-state index contributed by atoms with van der Waals surface area (Å²) in [6.07, 6.45) is -0.641. The normalized spacial score (nSPS) is 15.1. The predicted molar refractivity (Wildman–Crippen MR) is 150 cm³/mol. The van der Waals surface area contributed by atoms with Gasteiger partial charge in [-0.05, 0) is 32.4 Å². The van der Waals surface area contributed by atoms with E-state index in [0.29, 0.717) is 30.8 Å². The van der Waals surface area contributed by atoms with E-state index in [1.807, 2.05) is 42.5 Å². The summed E-state index contributed by atoms with van der Waals surface area (Å²) >= 11 is 0. The number of fused-ring (bicyclic) bond motifs is 10. The first-order valence-electron chi connectivity index (χ1n) is 13.2. The summed E-state index contributed by atoms with van der Waals surface area (Å²) in [5, 5.41) is 8.27. The second kappa shape index (κ2) is 8.32. The van der Waals surface area contributed by atoms with E-state index in [2.05, 4.69) is 20.2 Å². The molecule has 4 heterocycles. The maximum Gasteiger partial charge on any atom is 0.408 e. The molecule has 0 atom stereocenters. The van der Waals surface area contributed by atoms with E-state index in [4.69, 9.17) is 4.74 Å². The highest BCUT2D eigenvalue weighted by Crippen LogP contribution is 2.44. The Hall–Kier alpha value is -4.86. The van der Waals surface area contributed by atoms with Crippen molar-refractivity contribution in [3.8, 4) is 0 Å². The summed E-state index contributed by atoms with van der Waals surface area (Å²) in [5.74, 6) is -1.02. The predicted octanol–water partition coefficient (Wildman–Crippen LogP) is 4.18. The molecule has 2 aliphatic heterocycles. The molecule has 0 saturated carbocycles. The van der Waals surface area contributed by atoms with Crippen molar-refractivity contribution >= 4 is 67.4 Å². The number of aromatic amines is 1. The monoisotopic (exact) mass is 537 g/mol. The van der Waals surface area contributed by atoms with Crippen LogP contribution in [-0.2, 0) is 22.6 Å². The standard InChI is InChI=1S/C30H27N5O5/c1-30(2,3)40-29(39)31-13-19(36)34-11-12-35-25-15(14-34)7-6-9-17(25)21-23-22(27(37)33-28(23)38)20-16-8-4-5-10-18(16)32-24(20)26(21)35/h4-10,32H,11-14H2,1-3H3,(H,31,39)(H,33,37,38). The second-order valence-electron chi connectivity index (χ2n) is 11.3. The van der Waals surface area contributed by atoms with Crippen LogP contribution in [0.4, 0.5) is 4.79 Å². The number of nitrogens with one attached hydrogen (secondary N) is 3. The third-order valence-electron chi connectivity index (χ3n) is 7.63. The van der Waals surface area contributed by atoms with E-state index in [0.717, 1.165) is 49.2 Å². The Morgan fingerprint density at radius 3 is 2.42 bits per heavy atom. The van der Waals surface area contributed by atoms with E-state index in [1.165, 1.54) is 0 Å². The molecule has 10 nitrogen and oxygen atoms in total. The molecule has 0 fully saturated rings. The van der Waals surface area contributed by atoms with E-state index < -0.39 is 23.5 Å². The van der Waals surface area contributed by atoms with Gasteiger partial charge in [-0.3, -0.25) is 19.7 Å². The molecule has 7 rings (SSSR count). The second-order valence-corrected chi connectivity index (χ2v) is 11.3. The van der Waals surface area contributed by atoms with E-state index in [-0.39, 0.29) is 12.5 Å². The Balaban J connectivity index is 1.38. The summed E-state index contributed by atoms with van der Waals surface area (Å²) in [6, 6.07) is 13.6. The topological polar surface area (TPSA) is 126 Å². The third-order valence-corrected chi connectivity index (χ3v) is 7.63. The number of aromatic nitrogens is 2. The van der Waals surface area contributed by atoms with Crippen molar-refractivity contribution in [1.29, 1.82) is 0 Å². The number of amides is 4. The minimum Gasteiger partial charge on any atom is -0.444 e. The van der Waals surface area contributed by atoms with Crippen LogP contribution in [0.3, 0.4) is 0 Å². The summed E-state index contributed by atoms with van der Waals surface area (Å²) in [6.45, 7) is 6.32. The number of imide groups is 1. The summed E-state index contributed by atoms with van der Waals surface area (Å²) < 4.78 is 7.42. The number of rotatable bonds is 2. The molecule has 2 aliphatic rings. The maximum atomic E-state index is 13.2. The fourth-order valence-electron chi connectivity index (χ4n) is 6.15. The molecule has 0 saturated heterocycles. The lowest BCUT2D eigenvalue weighted by Crippen LogP contribution is -2.42. The molecule has 3 N–H and O–H groups in total. The number of hydrogen-bond acceptors (Lipinski definition) is 5. The zero-order chi connectivity index (χ0) is 27.9. The van der Waals surface area contributed by atoms with Crippen LogP contribution in [-0.4, -0.2) is 57.0 Å². The Morgan fingerprint density at radius 1 is 0.925 bits per heavy atom. The molecule has 2 aromatic heterocycles. The summed E-state index contributed by atoms with van der Waals surface area (Å²) in [4.78, 5) is 56.8. The van der Waals surface area contributed by atoms with Crippen LogP contribution >= 0.6 is 0 Å². The van der Waals surface area contributed by atoms with E-state index in [1.54, 1.807) is 25.7 Å². The Bertz CT molecular complexity index is 1960. The first-order valence-corrected chi connectivity index (χ1v) is 13.2. The third kappa shape index (κ3) is 3.48. The van der Waals surface area contributed by atoms with Crippen LogP contribution < -0.4 is 10.6 Å². The number of H-pyrrole nitrogens is 1. The van der Waals surface area contributed by atoms with Crippen molar-refractivity contribution in [3.05, 3.63) is 59.2 Å². The lowest BCUT2D eigenvalue weighted by Gasteiger charge is -2.23. The zero-order valence-corrected chi connectivity index (χ0v) is 22.3. The zero-order valence-electron chi connectivity index (χ0n) is 22.3. The number of carbonyl (C=O) groups is 4. The molecule has 40 heavy (non-hydrogen) atoms. The molecule has 4 amide bonds. The van der Waals surface area contributed by atoms with Gasteiger partial charge >= 0.3 is 6.09 Å². The number of benzene rings is 3. The van der Waals surface area contributed by atoms with Crippen LogP contribution in [0.5, 0.6) is 0 Å². The van der Waals surface area contributed by atoms with Gasteiger partial charge in [0.15, 0.2) is 0 Å². The van der Waals surface area contributed by atoms with Gasteiger partial charge in [-0.15, -0.1) is 0 Å². The number of ether oxygens (including phenoxy) is 1. The SMILES string of the molecule is CC(C)(C)OC(=O)NCC(=O)N1CCn2c3c(cccc3c3c4c(c5c6ccccc6[nH]c5c32)C(=O)NC4=O)C1. The van der Waals surface area contributed by atoms with Crippen LogP contribution in [0.15, 0.2) is 42.5 Å². The fraction of sp³-hybridized carbons (Fsp3) is 0.267. The highest BCUT2D eigenvalue weighted by Gasteiger charge is 2.36. The van der Waals surface area contributed by atoms with E-state index in [9.17, 15) is 19.2 Å². The summed E-state index contributed by atoms with van der Waals surface area (Å²) in [7, 11) is 0. The van der Waals surface area contributed by atoms with Crippen molar-refractivity contribution in [1.82, 2.24) is 25.1 Å². The van der Waals surface area contributed by atoms with Crippen molar-refractivity contribution in [2.24, 2.45) is 0 Å². The Morgan fingerprint density at radius 2 is 1.65 bits per heavy atom. The molecule has 0 unspecified atom stereocenters. The number of alkyl carbamates (subject to hydrolysis) is 1. The van der Waals surface area contributed by atoms with Crippen LogP contribution in [0.2, 0.25) is 0 Å². The number of carbonyl (C=O) groups excluding carboxylic acids is 4. The molecule has 0 bridgehead atoms. The minimum atomic E-state index is -0.661. The fourth-order valence-corrected chi connectivity index (χ4v) is 6.15. The van der Waals surface area contributed by atoms with E-state index >= 15 is 0 Å². The van der Waals surface area contributed by atoms with Gasteiger partial charge in [-0.2, -0.15) is 0 Å². The molecule has 3 aromatic carbocycles. The van der Waals surface area contributed by atoms with Crippen LogP contribution in [0, 0.1) is 0 Å². The largest absolute Gasteiger partial charge is 0.444 e. The van der Waals surface area contributed by atoms with Crippen molar-refractivity contribution in [3.63, 3.8) is 0 Å². The van der Waals surface area contributed by atoms with Crippen molar-refractivity contribution in [2.75, 3.05) is 13.1 Å². The van der Waals surface area contributed by atoms with Crippen LogP contribution in [0.25, 0.3) is 43.6 Å². The minimum absolute atomic E-state index is 0.178. The molecule has 0 radical (unpaired) electrons. The average Bonchev–Trinajstić information content (AvgIpc) is 3.47. The smallest absolute Gasteiger partial charge is 0.408 e. The highest BCUT2D eigenvalue weighted by molar-refractivity contribution is 6.39. The van der Waals surface area contributed by atoms with Gasteiger partial charge in [0, 0.05) is 46.7 Å². The lowest BCUT2D eigenvalue weighted by atomic mass is 9.96. The molecule has 0 aliphatic carbocycles. The molecular formula is C30H27N5O5. The van der Waals surface area contributed by atoms with Gasteiger partial charge < -0.3 is 24.5 Å². The number of para-hydroxylation sites is 2. The molecule has 5 aromatic rings. The van der Waals surface area contributed by atoms with Gasteiger partial charge in [0.05, 0.1) is 27.7 Å². The average molecular weight is 538 g/mol. The molecule has 202 valence electrons. The molecular weight excluding hydrogens is 510 g/mol. The highest BCUT2D eigenvalue weighted by atomic mass is 16.6. The van der Waals surface area contributed by atoms with Crippen molar-refractivity contribution in [2.45, 2.75) is 39.5 Å². The van der Waals surface area contributed by atoms with Crippen LogP contribution in [0.1, 0.15) is 47.1 Å².